The molecule has 0 atom stereocenters. The van der Waals surface area contributed by atoms with Crippen LogP contribution in [0.2, 0.25) is 0 Å². The molecule has 2 rings (SSSR count). The average Bonchev–Trinajstić information content (AvgIpc) is 2.97. The Labute approximate surface area is 133 Å². The Kier molecular flexibility index (Phi) is 5.00. The second-order valence-electron chi connectivity index (χ2n) is 4.82. The van der Waals surface area contributed by atoms with Crippen LogP contribution in [0.4, 0.5) is 0 Å². The van der Waals surface area contributed by atoms with Gasteiger partial charge >= 0.3 is 5.97 Å². The maximum atomic E-state index is 12.7. The maximum Gasteiger partial charge on any atom is 0.336 e. The largest absolute Gasteiger partial charge is 0.478 e. The molecule has 0 amide bonds. The summed E-state index contributed by atoms with van der Waals surface area (Å²) in [5.41, 5.74) is 1.95. The third-order valence-electron chi connectivity index (χ3n) is 3.38. The van der Waals surface area contributed by atoms with E-state index in [-0.39, 0.29) is 16.3 Å². The number of rotatable bonds is 6. The lowest BCUT2D eigenvalue weighted by atomic mass is 10.1. The van der Waals surface area contributed by atoms with E-state index in [0.29, 0.717) is 6.54 Å². The predicted octanol–water partition coefficient (Wildman–Crippen LogP) is 2.97. The quantitative estimate of drug-likeness (QED) is 0.878. The number of benzene rings is 1. The number of carboxylic acids is 1. The summed E-state index contributed by atoms with van der Waals surface area (Å²) in [5.74, 6) is -1.13. The van der Waals surface area contributed by atoms with Crippen molar-refractivity contribution < 1.29 is 18.3 Å². The summed E-state index contributed by atoms with van der Waals surface area (Å²) in [6.45, 7) is 4.29. The number of nitrogens with zero attached hydrogens (tertiary/aromatic N) is 1. The summed E-state index contributed by atoms with van der Waals surface area (Å²) in [7, 11) is -3.69. The van der Waals surface area contributed by atoms with Gasteiger partial charge in [-0.2, -0.15) is 4.31 Å². The summed E-state index contributed by atoms with van der Waals surface area (Å²) < 4.78 is 26.7. The first-order valence-corrected chi connectivity index (χ1v) is 9.04. The average molecular weight is 339 g/mol. The van der Waals surface area contributed by atoms with Crippen molar-refractivity contribution in [1.29, 1.82) is 0 Å². The van der Waals surface area contributed by atoms with Gasteiger partial charge in [0.15, 0.2) is 0 Å². The molecule has 0 fully saturated rings. The van der Waals surface area contributed by atoms with E-state index in [0.717, 1.165) is 22.5 Å². The van der Waals surface area contributed by atoms with Crippen LogP contribution in [0.3, 0.4) is 0 Å². The first-order valence-electron chi connectivity index (χ1n) is 6.72. The smallest absolute Gasteiger partial charge is 0.336 e. The number of hydrogen-bond acceptors (Lipinski definition) is 4. The Hall–Kier alpha value is -1.70. The Balaban J connectivity index is 2.32. The molecule has 1 heterocycles. The van der Waals surface area contributed by atoms with E-state index in [2.05, 4.69) is 0 Å². The minimum atomic E-state index is -3.69. The standard InChI is InChI=1S/C15H17NO4S2/c1-3-16(9-12-7-5-4-6-11(12)2)22(19,20)14-8-13(10-21-14)15(17)18/h4-8,10H,3,9H2,1-2H3,(H,17,18). The molecule has 0 spiro atoms. The molecule has 22 heavy (non-hydrogen) atoms. The predicted molar refractivity (Wildman–Crippen MR) is 85.7 cm³/mol. The molecule has 0 aliphatic carbocycles. The molecule has 2 aromatic rings. The monoisotopic (exact) mass is 339 g/mol. The van der Waals surface area contributed by atoms with Crippen molar-refractivity contribution in [3.63, 3.8) is 0 Å². The molecule has 0 saturated heterocycles. The second-order valence-corrected chi connectivity index (χ2v) is 7.89. The molecule has 7 heteroatoms. The van der Waals surface area contributed by atoms with Crippen LogP contribution in [0.15, 0.2) is 39.9 Å². The van der Waals surface area contributed by atoms with Gasteiger partial charge in [0.05, 0.1) is 5.56 Å². The summed E-state index contributed by atoms with van der Waals surface area (Å²) in [6.07, 6.45) is 0. The molecule has 118 valence electrons. The lowest BCUT2D eigenvalue weighted by Gasteiger charge is -2.20. The first kappa shape index (κ1) is 16.7. The van der Waals surface area contributed by atoms with Gasteiger partial charge in [-0.1, -0.05) is 31.2 Å². The zero-order valence-electron chi connectivity index (χ0n) is 12.3. The van der Waals surface area contributed by atoms with Gasteiger partial charge in [-0.3, -0.25) is 0 Å². The molecule has 0 aliphatic rings. The molecule has 0 saturated carbocycles. The molecule has 0 radical (unpaired) electrons. The van der Waals surface area contributed by atoms with Gasteiger partial charge in [0, 0.05) is 18.5 Å². The van der Waals surface area contributed by atoms with Crippen LogP contribution in [0.5, 0.6) is 0 Å². The van der Waals surface area contributed by atoms with Crippen molar-refractivity contribution in [2.45, 2.75) is 24.6 Å². The topological polar surface area (TPSA) is 74.7 Å². The van der Waals surface area contributed by atoms with E-state index in [1.165, 1.54) is 15.8 Å². The van der Waals surface area contributed by atoms with Crippen molar-refractivity contribution >= 4 is 27.3 Å². The normalized spacial score (nSPS) is 11.8. The molecular formula is C15H17NO4S2. The lowest BCUT2D eigenvalue weighted by Crippen LogP contribution is -2.30. The zero-order chi connectivity index (χ0) is 16.3. The first-order chi connectivity index (χ1) is 10.4. The Morgan fingerprint density at radius 1 is 1.32 bits per heavy atom. The van der Waals surface area contributed by atoms with Crippen LogP contribution < -0.4 is 0 Å². The van der Waals surface area contributed by atoms with E-state index >= 15 is 0 Å². The van der Waals surface area contributed by atoms with Gasteiger partial charge in [-0.15, -0.1) is 11.3 Å². The van der Waals surface area contributed by atoms with Gasteiger partial charge in [-0.05, 0) is 24.1 Å². The maximum absolute atomic E-state index is 12.7. The van der Waals surface area contributed by atoms with Crippen LogP contribution in [0.1, 0.15) is 28.4 Å². The number of carboxylic acid groups (broad SMARTS) is 1. The van der Waals surface area contributed by atoms with Crippen LogP contribution in [0, 0.1) is 6.92 Å². The summed E-state index contributed by atoms with van der Waals surface area (Å²) >= 11 is 0.933. The Morgan fingerprint density at radius 3 is 2.55 bits per heavy atom. The van der Waals surface area contributed by atoms with E-state index in [1.807, 2.05) is 31.2 Å². The third-order valence-corrected chi connectivity index (χ3v) is 6.71. The molecule has 0 aliphatic heterocycles. The third kappa shape index (κ3) is 3.37. The van der Waals surface area contributed by atoms with Gasteiger partial charge < -0.3 is 5.11 Å². The highest BCUT2D eigenvalue weighted by Crippen LogP contribution is 2.25. The Morgan fingerprint density at radius 2 is 2.00 bits per heavy atom. The van der Waals surface area contributed by atoms with E-state index in [4.69, 9.17) is 5.11 Å². The Bertz CT molecular complexity index is 780. The fourth-order valence-corrected chi connectivity index (χ4v) is 4.77. The van der Waals surface area contributed by atoms with Crippen molar-refractivity contribution in [1.82, 2.24) is 4.31 Å². The van der Waals surface area contributed by atoms with Gasteiger partial charge in [0.25, 0.3) is 10.0 Å². The minimum absolute atomic E-state index is 0.00415. The highest BCUT2D eigenvalue weighted by Gasteiger charge is 2.26. The SMILES string of the molecule is CCN(Cc1ccccc1C)S(=O)(=O)c1cc(C(=O)O)cs1. The molecule has 1 aromatic heterocycles. The number of carbonyl (C=O) groups is 1. The number of aromatic carboxylic acids is 1. The van der Waals surface area contributed by atoms with Crippen molar-refractivity contribution in [3.05, 3.63) is 52.4 Å². The highest BCUT2D eigenvalue weighted by atomic mass is 32.2. The number of hydrogen-bond donors (Lipinski definition) is 1. The molecule has 5 nitrogen and oxygen atoms in total. The summed E-state index contributed by atoms with van der Waals surface area (Å²) in [6, 6.07) is 8.81. The molecule has 1 N–H and O–H groups in total. The highest BCUT2D eigenvalue weighted by molar-refractivity contribution is 7.91. The van der Waals surface area contributed by atoms with E-state index in [1.54, 1.807) is 6.92 Å². The van der Waals surface area contributed by atoms with Crippen molar-refractivity contribution in [2.75, 3.05) is 6.54 Å². The number of aryl methyl sites for hydroxylation is 1. The van der Waals surface area contributed by atoms with Crippen LogP contribution >= 0.6 is 11.3 Å². The number of sulfonamides is 1. The molecule has 1 aromatic carbocycles. The van der Waals surface area contributed by atoms with E-state index < -0.39 is 16.0 Å². The lowest BCUT2D eigenvalue weighted by molar-refractivity contribution is 0.0697. The summed E-state index contributed by atoms with van der Waals surface area (Å²) in [4.78, 5) is 10.9. The van der Waals surface area contributed by atoms with Crippen molar-refractivity contribution in [3.8, 4) is 0 Å². The molecular weight excluding hydrogens is 322 g/mol. The molecule has 0 unspecified atom stereocenters. The molecule has 0 bridgehead atoms. The van der Waals surface area contributed by atoms with Crippen LogP contribution in [-0.4, -0.2) is 30.3 Å². The van der Waals surface area contributed by atoms with E-state index in [9.17, 15) is 13.2 Å². The second kappa shape index (κ2) is 6.60. The number of thiophene rings is 1. The van der Waals surface area contributed by atoms with Crippen LogP contribution in [0.25, 0.3) is 0 Å². The fourth-order valence-electron chi connectivity index (χ4n) is 2.04. The zero-order valence-corrected chi connectivity index (χ0v) is 13.9. The van der Waals surface area contributed by atoms with Gasteiger partial charge in [0.1, 0.15) is 4.21 Å². The fraction of sp³-hybridized carbons (Fsp3) is 0.267. The van der Waals surface area contributed by atoms with Crippen molar-refractivity contribution in [2.24, 2.45) is 0 Å². The van der Waals surface area contributed by atoms with Gasteiger partial charge in [-0.25, -0.2) is 13.2 Å². The van der Waals surface area contributed by atoms with Gasteiger partial charge in [0.2, 0.25) is 0 Å². The summed E-state index contributed by atoms with van der Waals surface area (Å²) in [5, 5.41) is 10.3. The minimum Gasteiger partial charge on any atom is -0.478 e. The van der Waals surface area contributed by atoms with Crippen LogP contribution in [-0.2, 0) is 16.6 Å².